The molecule has 0 aliphatic carbocycles. The molecule has 0 aliphatic rings. The lowest BCUT2D eigenvalue weighted by atomic mass is 10.0. The van der Waals surface area contributed by atoms with E-state index in [4.69, 9.17) is 11.2 Å². The molecule has 18 heavy (non-hydrogen) atoms. The molecule has 0 aliphatic heterocycles. The molecule has 0 saturated heterocycles. The summed E-state index contributed by atoms with van der Waals surface area (Å²) in [6.45, 7) is 0.760. The van der Waals surface area contributed by atoms with Crippen LogP contribution in [0.2, 0.25) is 0 Å². The Morgan fingerprint density at radius 2 is 1.50 bits per heavy atom. The molecular weight excluding hydrogens is 220 g/mol. The van der Waals surface area contributed by atoms with Gasteiger partial charge >= 0.3 is 0 Å². The minimum atomic E-state index is 0.760. The van der Waals surface area contributed by atoms with Gasteiger partial charge in [-0.1, -0.05) is 42.3 Å². The summed E-state index contributed by atoms with van der Waals surface area (Å²) >= 11 is 0. The quantitative estimate of drug-likeness (QED) is 0.738. The Morgan fingerprint density at radius 3 is 2.00 bits per heavy atom. The molecule has 2 rings (SSSR count). The SMILES string of the molecule is C#Cc1ccc(-c2ccc(CCOC)cc2)cc1. The van der Waals surface area contributed by atoms with Crippen molar-refractivity contribution in [2.75, 3.05) is 13.7 Å². The molecule has 0 aromatic heterocycles. The lowest BCUT2D eigenvalue weighted by molar-refractivity contribution is 0.202. The van der Waals surface area contributed by atoms with Gasteiger partial charge in [-0.2, -0.15) is 0 Å². The first-order valence-corrected chi connectivity index (χ1v) is 5.98. The molecule has 1 nitrogen and oxygen atoms in total. The fourth-order valence-corrected chi connectivity index (χ4v) is 1.84. The van der Waals surface area contributed by atoms with Gasteiger partial charge in [0, 0.05) is 12.7 Å². The van der Waals surface area contributed by atoms with E-state index in [0.29, 0.717) is 0 Å². The lowest BCUT2D eigenvalue weighted by Crippen LogP contribution is -1.93. The van der Waals surface area contributed by atoms with E-state index in [0.717, 1.165) is 18.6 Å². The van der Waals surface area contributed by atoms with Crippen LogP contribution in [0.5, 0.6) is 0 Å². The average molecular weight is 236 g/mol. The molecule has 90 valence electrons. The Morgan fingerprint density at radius 1 is 0.944 bits per heavy atom. The summed E-state index contributed by atoms with van der Waals surface area (Å²) in [5.41, 5.74) is 4.60. The third kappa shape index (κ3) is 3.00. The normalized spacial score (nSPS) is 10.0. The van der Waals surface area contributed by atoms with E-state index in [1.165, 1.54) is 16.7 Å². The molecule has 0 saturated carbocycles. The first-order valence-electron chi connectivity index (χ1n) is 5.98. The Hall–Kier alpha value is -2.04. The summed E-state index contributed by atoms with van der Waals surface area (Å²) in [5.74, 6) is 2.62. The highest BCUT2D eigenvalue weighted by atomic mass is 16.5. The molecule has 0 radical (unpaired) electrons. The molecule has 0 amide bonds. The zero-order valence-corrected chi connectivity index (χ0v) is 10.5. The van der Waals surface area contributed by atoms with Gasteiger partial charge in [-0.3, -0.25) is 0 Å². The maximum Gasteiger partial charge on any atom is 0.0502 e. The Labute approximate surface area is 108 Å². The minimum absolute atomic E-state index is 0.760. The zero-order chi connectivity index (χ0) is 12.8. The molecule has 0 fully saturated rings. The predicted octanol–water partition coefficient (Wildman–Crippen LogP) is 3.52. The molecule has 2 aromatic carbocycles. The third-order valence-corrected chi connectivity index (χ3v) is 2.93. The van der Waals surface area contributed by atoms with Gasteiger partial charge in [-0.25, -0.2) is 0 Å². The van der Waals surface area contributed by atoms with Crippen LogP contribution in [-0.2, 0) is 11.2 Å². The van der Waals surface area contributed by atoms with E-state index < -0.39 is 0 Å². The van der Waals surface area contributed by atoms with Crippen LogP contribution in [0.25, 0.3) is 11.1 Å². The van der Waals surface area contributed by atoms with Gasteiger partial charge in [0.15, 0.2) is 0 Å². The zero-order valence-electron chi connectivity index (χ0n) is 10.5. The highest BCUT2D eigenvalue weighted by molar-refractivity contribution is 5.64. The van der Waals surface area contributed by atoms with E-state index in [9.17, 15) is 0 Å². The molecule has 2 aromatic rings. The predicted molar refractivity (Wildman–Crippen MR) is 75.4 cm³/mol. The van der Waals surface area contributed by atoms with Gasteiger partial charge in [0.1, 0.15) is 0 Å². The Bertz CT molecular complexity index is 529. The largest absolute Gasteiger partial charge is 0.384 e. The fraction of sp³-hybridized carbons (Fsp3) is 0.176. The number of terminal acetylenes is 1. The van der Waals surface area contributed by atoms with Crippen LogP contribution < -0.4 is 0 Å². The third-order valence-electron chi connectivity index (χ3n) is 2.93. The maximum atomic E-state index is 5.34. The molecule has 0 unspecified atom stereocenters. The lowest BCUT2D eigenvalue weighted by Gasteiger charge is -2.04. The summed E-state index contributed by atoms with van der Waals surface area (Å²) in [6, 6.07) is 16.6. The molecule has 0 heterocycles. The smallest absolute Gasteiger partial charge is 0.0502 e. The number of methoxy groups -OCH3 is 1. The summed E-state index contributed by atoms with van der Waals surface area (Å²) in [5, 5.41) is 0. The standard InChI is InChI=1S/C17H16O/c1-3-14-4-8-16(9-5-14)17-10-6-15(7-11-17)12-13-18-2/h1,4-11H,12-13H2,2H3. The Kier molecular flexibility index (Phi) is 4.17. The number of hydrogen-bond donors (Lipinski definition) is 0. The minimum Gasteiger partial charge on any atom is -0.384 e. The molecule has 0 bridgehead atoms. The van der Waals surface area contributed by atoms with Gasteiger partial charge in [0.2, 0.25) is 0 Å². The van der Waals surface area contributed by atoms with Crippen LogP contribution in [-0.4, -0.2) is 13.7 Å². The van der Waals surface area contributed by atoms with Crippen molar-refractivity contribution in [3.05, 3.63) is 59.7 Å². The van der Waals surface area contributed by atoms with Gasteiger partial charge in [-0.15, -0.1) is 6.42 Å². The number of ether oxygens (including phenoxy) is 1. The maximum absolute atomic E-state index is 5.34. The number of hydrogen-bond acceptors (Lipinski definition) is 1. The van der Waals surface area contributed by atoms with Crippen LogP contribution in [0, 0.1) is 12.3 Å². The van der Waals surface area contributed by atoms with E-state index in [1.54, 1.807) is 7.11 Å². The molecule has 0 atom stereocenters. The van der Waals surface area contributed by atoms with Crippen molar-refractivity contribution in [2.45, 2.75) is 6.42 Å². The summed E-state index contributed by atoms with van der Waals surface area (Å²) < 4.78 is 5.07. The molecule has 0 N–H and O–H groups in total. The van der Waals surface area contributed by atoms with Crippen LogP contribution >= 0.6 is 0 Å². The van der Waals surface area contributed by atoms with Gasteiger partial charge in [0.05, 0.1) is 6.61 Å². The highest BCUT2D eigenvalue weighted by Crippen LogP contribution is 2.20. The van der Waals surface area contributed by atoms with Gasteiger partial charge < -0.3 is 4.74 Å². The van der Waals surface area contributed by atoms with Crippen LogP contribution in [0.1, 0.15) is 11.1 Å². The summed E-state index contributed by atoms with van der Waals surface area (Å²) in [7, 11) is 1.72. The first kappa shape index (κ1) is 12.4. The van der Waals surface area contributed by atoms with Gasteiger partial charge in [-0.05, 0) is 35.2 Å². The van der Waals surface area contributed by atoms with Crippen molar-refractivity contribution in [1.82, 2.24) is 0 Å². The van der Waals surface area contributed by atoms with Crippen LogP contribution in [0.4, 0.5) is 0 Å². The van der Waals surface area contributed by atoms with E-state index >= 15 is 0 Å². The topological polar surface area (TPSA) is 9.23 Å². The average Bonchev–Trinajstić information content (AvgIpc) is 2.46. The highest BCUT2D eigenvalue weighted by Gasteiger charge is 1.98. The second-order valence-corrected chi connectivity index (χ2v) is 4.16. The van der Waals surface area contributed by atoms with Crippen molar-refractivity contribution < 1.29 is 4.74 Å². The van der Waals surface area contributed by atoms with E-state index in [-0.39, 0.29) is 0 Å². The second-order valence-electron chi connectivity index (χ2n) is 4.16. The first-order chi connectivity index (χ1) is 8.83. The molecule has 1 heteroatoms. The van der Waals surface area contributed by atoms with Gasteiger partial charge in [0.25, 0.3) is 0 Å². The monoisotopic (exact) mass is 236 g/mol. The number of benzene rings is 2. The van der Waals surface area contributed by atoms with Crippen molar-refractivity contribution in [1.29, 1.82) is 0 Å². The molecular formula is C17H16O. The summed E-state index contributed by atoms with van der Waals surface area (Å²) in [6.07, 6.45) is 6.29. The second kappa shape index (κ2) is 6.05. The van der Waals surface area contributed by atoms with Crippen molar-refractivity contribution in [3.8, 4) is 23.5 Å². The Balaban J connectivity index is 2.15. The van der Waals surface area contributed by atoms with Crippen molar-refractivity contribution in [3.63, 3.8) is 0 Å². The van der Waals surface area contributed by atoms with Crippen LogP contribution in [0.3, 0.4) is 0 Å². The van der Waals surface area contributed by atoms with E-state index in [1.807, 2.05) is 12.1 Å². The summed E-state index contributed by atoms with van der Waals surface area (Å²) in [4.78, 5) is 0. The van der Waals surface area contributed by atoms with Crippen molar-refractivity contribution >= 4 is 0 Å². The number of rotatable bonds is 4. The van der Waals surface area contributed by atoms with E-state index in [2.05, 4.69) is 42.3 Å². The van der Waals surface area contributed by atoms with Crippen molar-refractivity contribution in [2.24, 2.45) is 0 Å². The molecule has 0 spiro atoms. The fourth-order valence-electron chi connectivity index (χ4n) is 1.84. The van der Waals surface area contributed by atoms with Crippen LogP contribution in [0.15, 0.2) is 48.5 Å².